The highest BCUT2D eigenvalue weighted by Crippen LogP contribution is 2.37. The molecule has 64 valence electrons. The van der Waals surface area contributed by atoms with Crippen molar-refractivity contribution in [2.24, 2.45) is 5.41 Å². The van der Waals surface area contributed by atoms with Crippen molar-refractivity contribution >= 4 is 5.78 Å². The van der Waals surface area contributed by atoms with Crippen molar-refractivity contribution in [3.05, 3.63) is 0 Å². The van der Waals surface area contributed by atoms with E-state index in [4.69, 9.17) is 0 Å². The fourth-order valence-corrected chi connectivity index (χ4v) is 1.83. The van der Waals surface area contributed by atoms with Crippen molar-refractivity contribution < 1.29 is 9.90 Å². The molecule has 0 amide bonds. The SMILES string of the molecule is CC1(C)CCCC(C)(O)C1=O. The summed E-state index contributed by atoms with van der Waals surface area (Å²) in [4.78, 5) is 11.5. The highest BCUT2D eigenvalue weighted by Gasteiger charge is 2.43. The van der Waals surface area contributed by atoms with Crippen LogP contribution in [0.4, 0.5) is 0 Å². The average molecular weight is 156 g/mol. The van der Waals surface area contributed by atoms with Crippen LogP contribution in [0.1, 0.15) is 40.0 Å². The van der Waals surface area contributed by atoms with Gasteiger partial charge >= 0.3 is 0 Å². The lowest BCUT2D eigenvalue weighted by atomic mass is 9.69. The van der Waals surface area contributed by atoms with Gasteiger partial charge in [0, 0.05) is 5.41 Å². The number of carbonyl (C=O) groups is 1. The maximum absolute atomic E-state index is 11.5. The molecule has 1 atom stereocenters. The van der Waals surface area contributed by atoms with E-state index < -0.39 is 5.60 Å². The Balaban J connectivity index is 2.85. The number of Topliss-reactive ketones (excluding diaryl/α,β-unsaturated/α-hetero) is 1. The zero-order valence-electron chi connectivity index (χ0n) is 7.48. The molecule has 0 aromatic carbocycles. The predicted octanol–water partition coefficient (Wildman–Crippen LogP) is 1.52. The summed E-state index contributed by atoms with van der Waals surface area (Å²) in [5, 5.41) is 9.63. The lowest BCUT2D eigenvalue weighted by Crippen LogP contribution is -2.47. The summed E-state index contributed by atoms with van der Waals surface area (Å²) in [6, 6.07) is 0. The van der Waals surface area contributed by atoms with Gasteiger partial charge in [0.25, 0.3) is 0 Å². The first kappa shape index (κ1) is 8.72. The largest absolute Gasteiger partial charge is 0.382 e. The Hall–Kier alpha value is -0.370. The van der Waals surface area contributed by atoms with Crippen LogP contribution in [0.25, 0.3) is 0 Å². The molecule has 0 radical (unpaired) electrons. The molecule has 2 heteroatoms. The molecule has 1 N–H and O–H groups in total. The smallest absolute Gasteiger partial charge is 0.169 e. The summed E-state index contributed by atoms with van der Waals surface area (Å²) in [5.41, 5.74) is -1.39. The maximum atomic E-state index is 11.5. The normalized spacial score (nSPS) is 37.3. The number of carbonyl (C=O) groups excluding carboxylic acids is 1. The maximum Gasteiger partial charge on any atom is 0.169 e. The molecule has 2 nitrogen and oxygen atoms in total. The zero-order chi connectivity index (χ0) is 8.70. The third kappa shape index (κ3) is 1.45. The minimum absolute atomic E-state index is 0.00347. The summed E-state index contributed by atoms with van der Waals surface area (Å²) in [6.45, 7) is 5.43. The van der Waals surface area contributed by atoms with Gasteiger partial charge in [0.2, 0.25) is 0 Å². The number of aliphatic hydroxyl groups is 1. The fraction of sp³-hybridized carbons (Fsp3) is 0.889. The number of ketones is 1. The van der Waals surface area contributed by atoms with Gasteiger partial charge in [-0.25, -0.2) is 0 Å². The first-order chi connectivity index (χ1) is 4.86. The topological polar surface area (TPSA) is 37.3 Å². The van der Waals surface area contributed by atoms with E-state index in [0.29, 0.717) is 6.42 Å². The summed E-state index contributed by atoms with van der Waals surface area (Å²) in [5.74, 6) is -0.00347. The third-order valence-electron chi connectivity index (χ3n) is 2.57. The monoisotopic (exact) mass is 156 g/mol. The van der Waals surface area contributed by atoms with Gasteiger partial charge in [-0.2, -0.15) is 0 Å². The zero-order valence-corrected chi connectivity index (χ0v) is 7.48. The third-order valence-corrected chi connectivity index (χ3v) is 2.57. The second kappa shape index (κ2) is 2.31. The van der Waals surface area contributed by atoms with Crippen LogP contribution < -0.4 is 0 Å². The highest BCUT2D eigenvalue weighted by molar-refractivity contribution is 5.92. The molecule has 0 heterocycles. The average Bonchev–Trinajstić information content (AvgIpc) is 1.82. The van der Waals surface area contributed by atoms with Crippen molar-refractivity contribution in [1.29, 1.82) is 0 Å². The van der Waals surface area contributed by atoms with Crippen molar-refractivity contribution in [1.82, 2.24) is 0 Å². The molecule has 0 bridgehead atoms. The molecule has 1 aliphatic rings. The second-order valence-electron chi connectivity index (χ2n) is 4.34. The van der Waals surface area contributed by atoms with Gasteiger partial charge < -0.3 is 5.11 Å². The van der Waals surface area contributed by atoms with E-state index >= 15 is 0 Å². The molecule has 0 spiro atoms. The van der Waals surface area contributed by atoms with Crippen LogP contribution in [0.2, 0.25) is 0 Å². The molecule has 1 aliphatic carbocycles. The lowest BCUT2D eigenvalue weighted by Gasteiger charge is -2.37. The Morgan fingerprint density at radius 3 is 2.18 bits per heavy atom. The van der Waals surface area contributed by atoms with Crippen LogP contribution in [0.3, 0.4) is 0 Å². The van der Waals surface area contributed by atoms with Crippen molar-refractivity contribution in [3.8, 4) is 0 Å². The van der Waals surface area contributed by atoms with Gasteiger partial charge in [-0.15, -0.1) is 0 Å². The van der Waals surface area contributed by atoms with Crippen LogP contribution in [-0.4, -0.2) is 16.5 Å². The van der Waals surface area contributed by atoms with Gasteiger partial charge in [-0.05, 0) is 26.2 Å². The summed E-state index contributed by atoms with van der Waals surface area (Å²) < 4.78 is 0. The molecule has 0 aliphatic heterocycles. The van der Waals surface area contributed by atoms with E-state index in [1.54, 1.807) is 6.92 Å². The van der Waals surface area contributed by atoms with Gasteiger partial charge in [0.05, 0.1) is 0 Å². The summed E-state index contributed by atoms with van der Waals surface area (Å²) in [6.07, 6.45) is 2.48. The predicted molar refractivity (Wildman–Crippen MR) is 43.3 cm³/mol. The molecule has 0 aromatic rings. The molecule has 1 rings (SSSR count). The Bertz CT molecular complexity index is 162. The minimum Gasteiger partial charge on any atom is -0.382 e. The standard InChI is InChI=1S/C9H16O2/c1-8(2)5-4-6-9(3,11)7(8)10/h11H,4-6H2,1-3H3. The number of hydrogen-bond donors (Lipinski definition) is 1. The molecule has 0 saturated heterocycles. The van der Waals surface area contributed by atoms with Gasteiger partial charge in [-0.1, -0.05) is 13.8 Å². The van der Waals surface area contributed by atoms with Crippen molar-refractivity contribution in [3.63, 3.8) is 0 Å². The van der Waals surface area contributed by atoms with Gasteiger partial charge in [0.1, 0.15) is 5.60 Å². The number of hydrogen-bond acceptors (Lipinski definition) is 2. The van der Waals surface area contributed by atoms with Crippen LogP contribution in [-0.2, 0) is 4.79 Å². The van der Waals surface area contributed by atoms with E-state index in [0.717, 1.165) is 12.8 Å². The van der Waals surface area contributed by atoms with Crippen LogP contribution in [0.15, 0.2) is 0 Å². The first-order valence-electron chi connectivity index (χ1n) is 4.13. The summed E-state index contributed by atoms with van der Waals surface area (Å²) in [7, 11) is 0. The van der Waals surface area contributed by atoms with E-state index in [9.17, 15) is 9.90 Å². The molecule has 0 aromatic heterocycles. The lowest BCUT2D eigenvalue weighted by molar-refractivity contribution is -0.150. The molecule has 11 heavy (non-hydrogen) atoms. The molecule has 1 saturated carbocycles. The molecular formula is C9H16O2. The quantitative estimate of drug-likeness (QED) is 0.577. The van der Waals surface area contributed by atoms with E-state index in [1.165, 1.54) is 0 Å². The van der Waals surface area contributed by atoms with Gasteiger partial charge in [0.15, 0.2) is 5.78 Å². The molecular weight excluding hydrogens is 140 g/mol. The van der Waals surface area contributed by atoms with Crippen molar-refractivity contribution in [2.75, 3.05) is 0 Å². The van der Waals surface area contributed by atoms with Crippen LogP contribution in [0, 0.1) is 5.41 Å². The van der Waals surface area contributed by atoms with Crippen LogP contribution >= 0.6 is 0 Å². The second-order valence-corrected chi connectivity index (χ2v) is 4.34. The Labute approximate surface area is 67.6 Å². The van der Waals surface area contributed by atoms with E-state index in [1.807, 2.05) is 13.8 Å². The van der Waals surface area contributed by atoms with Crippen LogP contribution in [0.5, 0.6) is 0 Å². The fourth-order valence-electron chi connectivity index (χ4n) is 1.83. The van der Waals surface area contributed by atoms with Gasteiger partial charge in [-0.3, -0.25) is 4.79 Å². The van der Waals surface area contributed by atoms with Crippen molar-refractivity contribution in [2.45, 2.75) is 45.6 Å². The van der Waals surface area contributed by atoms with E-state index in [2.05, 4.69) is 0 Å². The molecule has 1 unspecified atom stereocenters. The summed E-state index contributed by atoms with van der Waals surface area (Å²) >= 11 is 0. The van der Waals surface area contributed by atoms with E-state index in [-0.39, 0.29) is 11.2 Å². The Morgan fingerprint density at radius 2 is 1.82 bits per heavy atom. The number of rotatable bonds is 0. The highest BCUT2D eigenvalue weighted by atomic mass is 16.3. The Morgan fingerprint density at radius 1 is 1.27 bits per heavy atom. The molecule has 1 fully saturated rings. The Kier molecular flexibility index (Phi) is 1.83. The first-order valence-corrected chi connectivity index (χ1v) is 4.13. The minimum atomic E-state index is -1.07.